The van der Waals surface area contributed by atoms with Crippen molar-refractivity contribution in [1.82, 2.24) is 10.3 Å². The van der Waals surface area contributed by atoms with Gasteiger partial charge in [-0.15, -0.1) is 0 Å². The van der Waals surface area contributed by atoms with Gasteiger partial charge in [0.1, 0.15) is 0 Å². The molecule has 28 heavy (non-hydrogen) atoms. The molecular weight excluding hydrogens is 352 g/mol. The van der Waals surface area contributed by atoms with Crippen LogP contribution in [0.2, 0.25) is 0 Å². The highest BCUT2D eigenvalue weighted by molar-refractivity contribution is 5.95. The second-order valence-corrected chi connectivity index (χ2v) is 7.89. The fourth-order valence-electron chi connectivity index (χ4n) is 5.13. The van der Waals surface area contributed by atoms with Gasteiger partial charge in [-0.25, -0.2) is 0 Å². The van der Waals surface area contributed by atoms with Gasteiger partial charge < -0.3 is 14.8 Å². The number of carbonyl (C=O) groups is 1. The van der Waals surface area contributed by atoms with Crippen molar-refractivity contribution in [2.24, 2.45) is 11.8 Å². The van der Waals surface area contributed by atoms with Gasteiger partial charge in [0.15, 0.2) is 11.5 Å². The van der Waals surface area contributed by atoms with E-state index in [0.29, 0.717) is 23.3 Å². The summed E-state index contributed by atoms with van der Waals surface area (Å²) in [7, 11) is 3.31. The number of nitrogens with zero attached hydrogens (tertiary/aromatic N) is 1. The van der Waals surface area contributed by atoms with Gasteiger partial charge in [0.2, 0.25) is 0 Å². The van der Waals surface area contributed by atoms with Crippen molar-refractivity contribution in [3.8, 4) is 11.5 Å². The van der Waals surface area contributed by atoms with Gasteiger partial charge in [0.25, 0.3) is 5.91 Å². The average molecular weight is 380 g/mol. The van der Waals surface area contributed by atoms with Crippen LogP contribution >= 0.6 is 0 Å². The first kappa shape index (κ1) is 18.8. The second-order valence-electron chi connectivity index (χ2n) is 7.89. The molecule has 4 rings (SSSR count). The molecule has 1 N–H and O–H groups in total. The largest absolute Gasteiger partial charge is 0.493 e. The molecule has 1 amide bonds. The fourth-order valence-corrected chi connectivity index (χ4v) is 5.13. The first-order valence-electron chi connectivity index (χ1n) is 10.1. The SMILES string of the molecule is COc1ccc([C@H]2[C@H]3CCCC[C@H]3[C@@H]2NC(=O)c2cccnc2C)cc1OC. The van der Waals surface area contributed by atoms with Crippen molar-refractivity contribution >= 4 is 5.91 Å². The number of nitrogens with one attached hydrogen (secondary N) is 1. The molecule has 2 aliphatic carbocycles. The molecule has 0 saturated heterocycles. The molecule has 2 fully saturated rings. The number of aryl methyl sites for hydroxylation is 1. The summed E-state index contributed by atoms with van der Waals surface area (Å²) in [5.41, 5.74) is 2.64. The molecule has 1 aromatic carbocycles. The summed E-state index contributed by atoms with van der Waals surface area (Å²) in [6.07, 6.45) is 6.65. The summed E-state index contributed by atoms with van der Waals surface area (Å²) in [4.78, 5) is 17.2. The number of carbonyl (C=O) groups excluding carboxylic acids is 1. The Morgan fingerprint density at radius 1 is 1.07 bits per heavy atom. The van der Waals surface area contributed by atoms with Crippen LogP contribution in [0.1, 0.15) is 53.2 Å². The van der Waals surface area contributed by atoms with Gasteiger partial charge in [-0.3, -0.25) is 9.78 Å². The molecule has 1 aromatic heterocycles. The Morgan fingerprint density at radius 2 is 1.82 bits per heavy atom. The number of pyridine rings is 1. The van der Waals surface area contributed by atoms with Crippen LogP contribution in [-0.4, -0.2) is 31.2 Å². The van der Waals surface area contributed by atoms with Gasteiger partial charge in [-0.2, -0.15) is 0 Å². The zero-order valence-corrected chi connectivity index (χ0v) is 16.8. The third kappa shape index (κ3) is 3.23. The Kier molecular flexibility index (Phi) is 5.25. The van der Waals surface area contributed by atoms with E-state index in [2.05, 4.69) is 22.4 Å². The number of rotatable bonds is 5. The maximum absolute atomic E-state index is 12.9. The van der Waals surface area contributed by atoms with Crippen molar-refractivity contribution < 1.29 is 14.3 Å². The molecule has 0 spiro atoms. The van der Waals surface area contributed by atoms with Crippen LogP contribution in [0.4, 0.5) is 0 Å². The predicted molar refractivity (Wildman–Crippen MR) is 108 cm³/mol. The third-order valence-corrected chi connectivity index (χ3v) is 6.53. The molecule has 0 unspecified atom stereocenters. The summed E-state index contributed by atoms with van der Waals surface area (Å²) in [6, 6.07) is 9.97. The number of aromatic nitrogens is 1. The molecule has 2 aliphatic rings. The Labute approximate surface area is 166 Å². The normalized spacial score (nSPS) is 26.0. The van der Waals surface area contributed by atoms with E-state index in [4.69, 9.17) is 9.47 Å². The first-order chi connectivity index (χ1) is 13.6. The van der Waals surface area contributed by atoms with Crippen LogP contribution in [0.3, 0.4) is 0 Å². The number of hydrogen-bond donors (Lipinski definition) is 1. The van der Waals surface area contributed by atoms with Crippen molar-refractivity contribution in [1.29, 1.82) is 0 Å². The molecule has 2 aromatic rings. The van der Waals surface area contributed by atoms with Crippen LogP contribution in [-0.2, 0) is 0 Å². The lowest BCUT2D eigenvalue weighted by Crippen LogP contribution is -2.59. The van der Waals surface area contributed by atoms with Crippen LogP contribution in [0.25, 0.3) is 0 Å². The topological polar surface area (TPSA) is 60.5 Å². The average Bonchev–Trinajstić information content (AvgIpc) is 2.72. The molecule has 5 heteroatoms. The van der Waals surface area contributed by atoms with Crippen LogP contribution in [0, 0.1) is 18.8 Å². The molecule has 0 aliphatic heterocycles. The summed E-state index contributed by atoms with van der Waals surface area (Å²) in [5.74, 6) is 2.93. The first-order valence-corrected chi connectivity index (χ1v) is 10.1. The van der Waals surface area contributed by atoms with E-state index in [1.54, 1.807) is 20.4 Å². The van der Waals surface area contributed by atoms with Crippen LogP contribution in [0.5, 0.6) is 11.5 Å². The van der Waals surface area contributed by atoms with Crippen LogP contribution in [0.15, 0.2) is 36.5 Å². The number of fused-ring (bicyclic) bond motifs is 1. The third-order valence-electron chi connectivity index (χ3n) is 6.53. The highest BCUT2D eigenvalue weighted by Gasteiger charge is 2.52. The molecule has 0 bridgehead atoms. The fraction of sp³-hybridized carbons (Fsp3) is 0.478. The lowest BCUT2D eigenvalue weighted by molar-refractivity contribution is 0.0250. The molecule has 0 radical (unpaired) electrons. The predicted octanol–water partition coefficient (Wildman–Crippen LogP) is 4.11. The Balaban J connectivity index is 1.61. The minimum Gasteiger partial charge on any atom is -0.493 e. The van der Waals surface area contributed by atoms with Gasteiger partial charge in [0.05, 0.1) is 19.8 Å². The van der Waals surface area contributed by atoms with Crippen LogP contribution < -0.4 is 14.8 Å². The zero-order chi connectivity index (χ0) is 19.7. The number of benzene rings is 1. The van der Waals surface area contributed by atoms with E-state index >= 15 is 0 Å². The van der Waals surface area contributed by atoms with E-state index < -0.39 is 0 Å². The maximum Gasteiger partial charge on any atom is 0.253 e. The lowest BCUT2D eigenvalue weighted by Gasteiger charge is -2.55. The molecule has 148 valence electrons. The van der Waals surface area contributed by atoms with Crippen molar-refractivity contribution in [3.63, 3.8) is 0 Å². The zero-order valence-electron chi connectivity index (χ0n) is 16.8. The number of amides is 1. The molecule has 1 heterocycles. The van der Waals surface area contributed by atoms with E-state index in [0.717, 1.165) is 17.2 Å². The van der Waals surface area contributed by atoms with Gasteiger partial charge in [0, 0.05) is 23.9 Å². The van der Waals surface area contributed by atoms with Crippen molar-refractivity contribution in [2.45, 2.75) is 44.6 Å². The minimum atomic E-state index is -0.0231. The van der Waals surface area contributed by atoms with Crippen molar-refractivity contribution in [2.75, 3.05) is 14.2 Å². The smallest absolute Gasteiger partial charge is 0.253 e. The summed E-state index contributed by atoms with van der Waals surface area (Å²) in [5, 5.41) is 3.34. The minimum absolute atomic E-state index is 0.0231. The standard InChI is InChI=1S/C23H28N2O3/c1-14-16(9-6-12-24-14)23(26)25-22-18-8-5-4-7-17(18)21(22)15-10-11-19(27-2)20(13-15)28-3/h6,9-13,17-18,21-22H,4-5,7-8H2,1-3H3,(H,25,26)/t17-,18+,21-,22-/m0/s1. The Bertz CT molecular complexity index is 867. The summed E-state index contributed by atoms with van der Waals surface area (Å²) >= 11 is 0. The van der Waals surface area contributed by atoms with E-state index in [-0.39, 0.29) is 11.9 Å². The maximum atomic E-state index is 12.9. The Hall–Kier alpha value is -2.56. The summed E-state index contributed by atoms with van der Waals surface area (Å²) in [6.45, 7) is 1.88. The number of hydrogen-bond acceptors (Lipinski definition) is 4. The summed E-state index contributed by atoms with van der Waals surface area (Å²) < 4.78 is 10.9. The highest BCUT2D eigenvalue weighted by atomic mass is 16.5. The highest BCUT2D eigenvalue weighted by Crippen LogP contribution is 2.55. The number of methoxy groups -OCH3 is 2. The van der Waals surface area contributed by atoms with Crippen molar-refractivity contribution in [3.05, 3.63) is 53.3 Å². The second kappa shape index (κ2) is 7.82. The van der Waals surface area contributed by atoms with E-state index in [1.807, 2.05) is 25.1 Å². The molecule has 5 nitrogen and oxygen atoms in total. The molecular formula is C23H28N2O3. The monoisotopic (exact) mass is 380 g/mol. The molecule has 2 saturated carbocycles. The van der Waals surface area contributed by atoms with Gasteiger partial charge >= 0.3 is 0 Å². The van der Waals surface area contributed by atoms with E-state index in [9.17, 15) is 4.79 Å². The number of ether oxygens (including phenoxy) is 2. The van der Waals surface area contributed by atoms with Gasteiger partial charge in [-0.1, -0.05) is 18.9 Å². The lowest BCUT2D eigenvalue weighted by atomic mass is 9.53. The molecule has 4 atom stereocenters. The van der Waals surface area contributed by atoms with E-state index in [1.165, 1.54) is 31.2 Å². The van der Waals surface area contributed by atoms with Gasteiger partial charge in [-0.05, 0) is 61.4 Å². The quantitative estimate of drug-likeness (QED) is 0.848. The Morgan fingerprint density at radius 3 is 2.54 bits per heavy atom.